The number of hydrogen-bond acceptors (Lipinski definition) is 5. The first-order valence-corrected chi connectivity index (χ1v) is 10.9. The first-order chi connectivity index (χ1) is 17.8. The van der Waals surface area contributed by atoms with Crippen molar-refractivity contribution in [2.24, 2.45) is 7.05 Å². The lowest BCUT2D eigenvalue weighted by atomic mass is 10.1. The zero-order valence-electron chi connectivity index (χ0n) is 19.2. The number of carbonyl (C=O) groups excluding carboxylic acids is 2. The summed E-state index contributed by atoms with van der Waals surface area (Å²) >= 11 is 0. The van der Waals surface area contributed by atoms with E-state index in [1.165, 1.54) is 28.9 Å². The van der Waals surface area contributed by atoms with Crippen molar-refractivity contribution in [2.75, 3.05) is 10.6 Å². The number of halogens is 3. The third-order valence-corrected chi connectivity index (χ3v) is 5.45. The summed E-state index contributed by atoms with van der Waals surface area (Å²) in [5, 5.41) is 13.3. The molecule has 3 aromatic heterocycles. The van der Waals surface area contributed by atoms with Crippen LogP contribution in [-0.4, -0.2) is 36.2 Å². The van der Waals surface area contributed by atoms with Crippen LogP contribution in [0.3, 0.4) is 0 Å². The van der Waals surface area contributed by atoms with Gasteiger partial charge in [-0.25, -0.2) is 22.7 Å². The van der Waals surface area contributed by atoms with E-state index in [9.17, 15) is 22.8 Å². The van der Waals surface area contributed by atoms with Crippen molar-refractivity contribution in [3.05, 3.63) is 95.8 Å². The molecule has 0 radical (unpaired) electrons. The number of alkyl halides is 2. The van der Waals surface area contributed by atoms with Gasteiger partial charge in [-0.05, 0) is 60.7 Å². The van der Waals surface area contributed by atoms with Crippen LogP contribution in [0.15, 0.2) is 73.1 Å². The van der Waals surface area contributed by atoms with Gasteiger partial charge in [0.25, 0.3) is 18.2 Å². The number of hydrogen-bond donors (Lipinski definition) is 2. The molecule has 3 heterocycles. The lowest BCUT2D eigenvalue weighted by Crippen LogP contribution is -2.14. The molecular formula is C25H18F3N7O2. The Morgan fingerprint density at radius 2 is 1.57 bits per heavy atom. The van der Waals surface area contributed by atoms with Crippen LogP contribution in [0.1, 0.15) is 33.0 Å². The Bertz CT molecular complexity index is 1610. The molecule has 2 N–H and O–H groups in total. The Morgan fingerprint density at radius 1 is 0.919 bits per heavy atom. The molecule has 0 atom stereocenters. The molecule has 0 aliphatic rings. The van der Waals surface area contributed by atoms with E-state index >= 15 is 0 Å². The minimum absolute atomic E-state index is 0.0293. The van der Waals surface area contributed by atoms with Gasteiger partial charge < -0.3 is 10.6 Å². The van der Waals surface area contributed by atoms with Gasteiger partial charge in [0.2, 0.25) is 0 Å². The lowest BCUT2D eigenvalue weighted by Gasteiger charge is -2.09. The molecule has 2 aromatic carbocycles. The van der Waals surface area contributed by atoms with E-state index in [2.05, 4.69) is 25.8 Å². The van der Waals surface area contributed by atoms with Gasteiger partial charge in [-0.15, -0.1) is 0 Å². The number of amides is 2. The maximum absolute atomic E-state index is 13.8. The number of rotatable bonds is 6. The SMILES string of the molecule is Cn1ccc(C(=O)Nc2ccc(NC(=O)c3cnn4c(C(F)F)cc(-c5ccc(F)cc5)nc34)cc2)n1. The smallest absolute Gasteiger partial charge is 0.280 e. The lowest BCUT2D eigenvalue weighted by molar-refractivity contribution is 0.101. The molecule has 12 heteroatoms. The summed E-state index contributed by atoms with van der Waals surface area (Å²) in [4.78, 5) is 29.6. The van der Waals surface area contributed by atoms with Crippen molar-refractivity contribution in [3.63, 3.8) is 0 Å². The first-order valence-electron chi connectivity index (χ1n) is 10.9. The van der Waals surface area contributed by atoms with Crippen molar-refractivity contribution in [2.45, 2.75) is 6.43 Å². The van der Waals surface area contributed by atoms with Crippen molar-refractivity contribution in [3.8, 4) is 11.3 Å². The van der Waals surface area contributed by atoms with Crippen LogP contribution < -0.4 is 10.6 Å². The molecule has 0 saturated heterocycles. The van der Waals surface area contributed by atoms with Gasteiger partial charge in [-0.2, -0.15) is 10.2 Å². The fraction of sp³-hybridized carbons (Fsp3) is 0.0800. The Morgan fingerprint density at radius 3 is 2.16 bits per heavy atom. The van der Waals surface area contributed by atoms with E-state index in [0.29, 0.717) is 16.9 Å². The Hall–Kier alpha value is -5.00. The van der Waals surface area contributed by atoms with Gasteiger partial charge in [-0.3, -0.25) is 14.3 Å². The fourth-order valence-corrected chi connectivity index (χ4v) is 3.64. The van der Waals surface area contributed by atoms with Crippen LogP contribution in [0.2, 0.25) is 0 Å². The number of nitrogens with zero attached hydrogens (tertiary/aromatic N) is 5. The number of fused-ring (bicyclic) bond motifs is 1. The van der Waals surface area contributed by atoms with Gasteiger partial charge in [0, 0.05) is 30.2 Å². The van der Waals surface area contributed by atoms with Crippen molar-refractivity contribution in [1.82, 2.24) is 24.4 Å². The average Bonchev–Trinajstić information content (AvgIpc) is 3.51. The summed E-state index contributed by atoms with van der Waals surface area (Å²) in [5.74, 6) is -1.49. The van der Waals surface area contributed by atoms with Gasteiger partial charge >= 0.3 is 0 Å². The third kappa shape index (κ3) is 4.89. The number of anilines is 2. The molecular weight excluding hydrogens is 487 g/mol. The molecule has 2 amide bonds. The largest absolute Gasteiger partial charge is 0.322 e. The number of nitrogens with one attached hydrogen (secondary N) is 2. The Kier molecular flexibility index (Phi) is 6.14. The maximum atomic E-state index is 13.8. The van der Waals surface area contributed by atoms with Gasteiger partial charge in [0.15, 0.2) is 11.3 Å². The Balaban J connectivity index is 1.39. The van der Waals surface area contributed by atoms with Gasteiger partial charge in [0.05, 0.1) is 11.9 Å². The molecule has 186 valence electrons. The van der Waals surface area contributed by atoms with Crippen LogP contribution in [0.25, 0.3) is 16.9 Å². The first kappa shape index (κ1) is 23.7. The van der Waals surface area contributed by atoms with Crippen LogP contribution in [0.4, 0.5) is 24.5 Å². The molecule has 0 aliphatic carbocycles. The van der Waals surface area contributed by atoms with Crippen molar-refractivity contribution < 1.29 is 22.8 Å². The highest BCUT2D eigenvalue weighted by atomic mass is 19.3. The third-order valence-electron chi connectivity index (χ3n) is 5.45. The molecule has 5 rings (SSSR count). The molecule has 5 aromatic rings. The topological polar surface area (TPSA) is 106 Å². The monoisotopic (exact) mass is 505 g/mol. The second kappa shape index (κ2) is 9.57. The minimum atomic E-state index is -2.89. The molecule has 0 saturated carbocycles. The standard InChI is InChI=1S/C25H18F3N7O2/c1-34-11-10-19(33-34)25(37)31-17-8-6-16(7-9-17)30-24(36)18-13-29-35-21(22(27)28)12-20(32-23(18)35)14-2-4-15(26)5-3-14/h2-13,22H,1H3,(H,30,36)(H,31,37). The van der Waals surface area contributed by atoms with Gasteiger partial charge in [0.1, 0.15) is 17.1 Å². The number of benzene rings is 2. The van der Waals surface area contributed by atoms with Crippen LogP contribution in [0.5, 0.6) is 0 Å². The van der Waals surface area contributed by atoms with Gasteiger partial charge in [-0.1, -0.05) is 0 Å². The summed E-state index contributed by atoms with van der Waals surface area (Å²) in [6.07, 6.45) is -0.0934. The maximum Gasteiger partial charge on any atom is 0.280 e. The highest BCUT2D eigenvalue weighted by Gasteiger charge is 2.22. The molecule has 9 nitrogen and oxygen atoms in total. The quantitative estimate of drug-likeness (QED) is 0.348. The summed E-state index contributed by atoms with van der Waals surface area (Å²) < 4.78 is 43.3. The van der Waals surface area contributed by atoms with Crippen molar-refractivity contribution >= 4 is 28.8 Å². The zero-order chi connectivity index (χ0) is 26.1. The predicted octanol–water partition coefficient (Wildman–Crippen LogP) is 4.71. The molecule has 37 heavy (non-hydrogen) atoms. The molecule has 0 unspecified atom stereocenters. The zero-order valence-corrected chi connectivity index (χ0v) is 19.2. The van der Waals surface area contributed by atoms with Crippen LogP contribution >= 0.6 is 0 Å². The van der Waals surface area contributed by atoms with E-state index in [1.807, 2.05) is 0 Å². The fourth-order valence-electron chi connectivity index (χ4n) is 3.64. The van der Waals surface area contributed by atoms with E-state index in [1.54, 1.807) is 43.6 Å². The number of aryl methyl sites for hydroxylation is 1. The summed E-state index contributed by atoms with van der Waals surface area (Å²) in [6.45, 7) is 0. The molecule has 0 spiro atoms. The van der Waals surface area contributed by atoms with Crippen LogP contribution in [-0.2, 0) is 7.05 Å². The normalized spacial score (nSPS) is 11.2. The van der Waals surface area contributed by atoms with Crippen molar-refractivity contribution in [1.29, 1.82) is 0 Å². The number of carbonyl (C=O) groups is 2. The molecule has 0 bridgehead atoms. The van der Waals surface area contributed by atoms with Crippen LogP contribution in [0, 0.1) is 5.82 Å². The van der Waals surface area contributed by atoms with E-state index in [4.69, 9.17) is 0 Å². The van der Waals surface area contributed by atoms with E-state index < -0.39 is 23.8 Å². The predicted molar refractivity (Wildman–Crippen MR) is 129 cm³/mol. The van der Waals surface area contributed by atoms with E-state index in [0.717, 1.165) is 16.8 Å². The number of aromatic nitrogens is 5. The molecule has 0 fully saturated rings. The summed E-state index contributed by atoms with van der Waals surface area (Å²) in [7, 11) is 1.70. The second-order valence-corrected chi connectivity index (χ2v) is 8.03. The highest BCUT2D eigenvalue weighted by molar-refractivity contribution is 6.08. The van der Waals surface area contributed by atoms with E-state index in [-0.39, 0.29) is 28.5 Å². The Labute approximate surface area is 207 Å². The minimum Gasteiger partial charge on any atom is -0.322 e. The average molecular weight is 505 g/mol. The second-order valence-electron chi connectivity index (χ2n) is 8.03. The molecule has 0 aliphatic heterocycles. The summed E-state index contributed by atoms with van der Waals surface area (Å²) in [5.41, 5.74) is 1.11. The summed E-state index contributed by atoms with van der Waals surface area (Å²) in [6, 6.07) is 14.2. The highest BCUT2D eigenvalue weighted by Crippen LogP contribution is 2.27.